The SMILES string of the molecule is Clc1ccccc1OCc1nc(-c2ccccc2)no1. The van der Waals surface area contributed by atoms with Crippen LogP contribution in [0.15, 0.2) is 59.1 Å². The molecule has 4 nitrogen and oxygen atoms in total. The molecule has 0 aliphatic carbocycles. The van der Waals surface area contributed by atoms with E-state index in [9.17, 15) is 0 Å². The summed E-state index contributed by atoms with van der Waals surface area (Å²) in [6.45, 7) is 0.184. The van der Waals surface area contributed by atoms with E-state index in [1.165, 1.54) is 0 Å². The first-order valence-corrected chi connectivity index (χ1v) is 6.46. The number of rotatable bonds is 4. The van der Waals surface area contributed by atoms with Crippen LogP contribution in [0.4, 0.5) is 0 Å². The van der Waals surface area contributed by atoms with Gasteiger partial charge in [-0.2, -0.15) is 4.98 Å². The van der Waals surface area contributed by atoms with Crippen molar-refractivity contribution in [2.24, 2.45) is 0 Å². The normalized spacial score (nSPS) is 10.4. The zero-order valence-electron chi connectivity index (χ0n) is 10.5. The summed E-state index contributed by atoms with van der Waals surface area (Å²) in [5.41, 5.74) is 0.903. The van der Waals surface area contributed by atoms with E-state index in [2.05, 4.69) is 10.1 Å². The highest BCUT2D eigenvalue weighted by Crippen LogP contribution is 2.24. The van der Waals surface area contributed by atoms with Crippen LogP contribution < -0.4 is 4.74 Å². The van der Waals surface area contributed by atoms with Gasteiger partial charge in [-0.25, -0.2) is 0 Å². The number of halogens is 1. The molecule has 0 aliphatic heterocycles. The molecule has 0 bridgehead atoms. The topological polar surface area (TPSA) is 48.2 Å². The molecule has 100 valence electrons. The Hall–Kier alpha value is -2.33. The lowest BCUT2D eigenvalue weighted by molar-refractivity contribution is 0.243. The van der Waals surface area contributed by atoms with E-state index in [0.29, 0.717) is 22.5 Å². The Labute approximate surface area is 121 Å². The molecular formula is C15H11ClN2O2. The first kappa shape index (κ1) is 12.7. The van der Waals surface area contributed by atoms with E-state index in [1.54, 1.807) is 12.1 Å². The van der Waals surface area contributed by atoms with Crippen LogP contribution in [0.25, 0.3) is 11.4 Å². The van der Waals surface area contributed by atoms with Crippen molar-refractivity contribution in [2.75, 3.05) is 0 Å². The molecule has 0 spiro atoms. The van der Waals surface area contributed by atoms with Crippen molar-refractivity contribution in [3.05, 3.63) is 65.5 Å². The van der Waals surface area contributed by atoms with Crippen LogP contribution in [0.5, 0.6) is 5.75 Å². The molecule has 0 atom stereocenters. The monoisotopic (exact) mass is 286 g/mol. The van der Waals surface area contributed by atoms with Crippen LogP contribution in [0.3, 0.4) is 0 Å². The molecule has 1 heterocycles. The summed E-state index contributed by atoms with van der Waals surface area (Å²) < 4.78 is 10.7. The second-order valence-corrected chi connectivity index (χ2v) is 4.50. The highest BCUT2D eigenvalue weighted by atomic mass is 35.5. The lowest BCUT2D eigenvalue weighted by Gasteiger charge is -2.04. The van der Waals surface area contributed by atoms with Gasteiger partial charge in [0.15, 0.2) is 6.61 Å². The zero-order chi connectivity index (χ0) is 13.8. The Bertz CT molecular complexity index is 698. The minimum Gasteiger partial charge on any atom is -0.482 e. The van der Waals surface area contributed by atoms with Gasteiger partial charge >= 0.3 is 0 Å². The molecule has 0 aliphatic rings. The van der Waals surface area contributed by atoms with Gasteiger partial charge in [-0.3, -0.25) is 0 Å². The van der Waals surface area contributed by atoms with Crippen molar-refractivity contribution in [1.82, 2.24) is 10.1 Å². The number of hydrogen-bond acceptors (Lipinski definition) is 4. The molecule has 0 saturated heterocycles. The van der Waals surface area contributed by atoms with Crippen molar-refractivity contribution in [3.63, 3.8) is 0 Å². The molecule has 3 aromatic rings. The van der Waals surface area contributed by atoms with Gasteiger partial charge in [0.05, 0.1) is 5.02 Å². The number of aromatic nitrogens is 2. The van der Waals surface area contributed by atoms with Crippen molar-refractivity contribution in [1.29, 1.82) is 0 Å². The highest BCUT2D eigenvalue weighted by Gasteiger charge is 2.09. The maximum atomic E-state index is 6.00. The molecule has 0 radical (unpaired) electrons. The molecule has 5 heteroatoms. The molecule has 2 aromatic carbocycles. The van der Waals surface area contributed by atoms with Gasteiger partial charge in [-0.05, 0) is 12.1 Å². The molecule has 0 N–H and O–H groups in total. The minimum absolute atomic E-state index is 0.184. The second kappa shape index (κ2) is 5.75. The number of ether oxygens (including phenoxy) is 1. The lowest BCUT2D eigenvalue weighted by Crippen LogP contribution is -1.96. The van der Waals surface area contributed by atoms with E-state index in [4.69, 9.17) is 20.9 Å². The maximum absolute atomic E-state index is 6.00. The van der Waals surface area contributed by atoms with Crippen LogP contribution >= 0.6 is 11.6 Å². The minimum atomic E-state index is 0.184. The Balaban J connectivity index is 1.71. The average molecular weight is 287 g/mol. The molecular weight excluding hydrogens is 276 g/mol. The fourth-order valence-corrected chi connectivity index (χ4v) is 1.91. The Morgan fingerprint density at radius 2 is 1.75 bits per heavy atom. The molecule has 0 saturated carbocycles. The van der Waals surface area contributed by atoms with Gasteiger partial charge in [0, 0.05) is 5.56 Å². The summed E-state index contributed by atoms with van der Waals surface area (Å²) in [6.07, 6.45) is 0. The summed E-state index contributed by atoms with van der Waals surface area (Å²) in [7, 11) is 0. The van der Waals surface area contributed by atoms with Crippen molar-refractivity contribution in [2.45, 2.75) is 6.61 Å². The lowest BCUT2D eigenvalue weighted by atomic mass is 10.2. The van der Waals surface area contributed by atoms with Crippen LogP contribution in [-0.4, -0.2) is 10.1 Å². The van der Waals surface area contributed by atoms with Gasteiger partial charge in [0.25, 0.3) is 5.89 Å². The molecule has 1 aromatic heterocycles. The van der Waals surface area contributed by atoms with E-state index in [-0.39, 0.29) is 6.61 Å². The average Bonchev–Trinajstić information content (AvgIpc) is 2.96. The Morgan fingerprint density at radius 1 is 1.00 bits per heavy atom. The van der Waals surface area contributed by atoms with Crippen LogP contribution in [0, 0.1) is 0 Å². The highest BCUT2D eigenvalue weighted by molar-refractivity contribution is 6.32. The third kappa shape index (κ3) is 2.81. The molecule has 0 unspecified atom stereocenters. The number of nitrogens with zero attached hydrogens (tertiary/aromatic N) is 2. The Morgan fingerprint density at radius 3 is 2.55 bits per heavy atom. The van der Waals surface area contributed by atoms with Gasteiger partial charge in [0.2, 0.25) is 5.82 Å². The molecule has 3 rings (SSSR count). The van der Waals surface area contributed by atoms with Crippen LogP contribution in [0.1, 0.15) is 5.89 Å². The largest absolute Gasteiger partial charge is 0.482 e. The van der Waals surface area contributed by atoms with Crippen molar-refractivity contribution < 1.29 is 9.26 Å². The van der Waals surface area contributed by atoms with E-state index in [0.717, 1.165) is 5.56 Å². The first-order chi connectivity index (χ1) is 9.83. The number of para-hydroxylation sites is 1. The quantitative estimate of drug-likeness (QED) is 0.728. The summed E-state index contributed by atoms with van der Waals surface area (Å²) in [5.74, 6) is 1.54. The summed E-state index contributed by atoms with van der Waals surface area (Å²) >= 11 is 6.00. The first-order valence-electron chi connectivity index (χ1n) is 6.08. The van der Waals surface area contributed by atoms with Gasteiger partial charge in [0.1, 0.15) is 5.75 Å². The molecule has 0 amide bonds. The third-order valence-corrected chi connectivity index (χ3v) is 3.00. The molecule has 20 heavy (non-hydrogen) atoms. The standard InChI is InChI=1S/C15H11ClN2O2/c16-12-8-4-5-9-13(12)19-10-14-17-15(18-20-14)11-6-2-1-3-7-11/h1-9H,10H2. The van der Waals surface area contributed by atoms with E-state index >= 15 is 0 Å². The van der Waals surface area contributed by atoms with E-state index in [1.807, 2.05) is 42.5 Å². The summed E-state index contributed by atoms with van der Waals surface area (Å²) in [6, 6.07) is 16.9. The van der Waals surface area contributed by atoms with Gasteiger partial charge in [-0.1, -0.05) is 59.2 Å². The predicted octanol–water partition coefficient (Wildman–Crippen LogP) is 3.97. The fraction of sp³-hybridized carbons (Fsp3) is 0.0667. The zero-order valence-corrected chi connectivity index (χ0v) is 11.2. The van der Waals surface area contributed by atoms with Crippen LogP contribution in [-0.2, 0) is 6.61 Å². The molecule has 0 fully saturated rings. The summed E-state index contributed by atoms with van der Waals surface area (Å²) in [4.78, 5) is 4.28. The fourth-order valence-electron chi connectivity index (χ4n) is 1.72. The van der Waals surface area contributed by atoms with Gasteiger partial charge < -0.3 is 9.26 Å². The van der Waals surface area contributed by atoms with Crippen LogP contribution in [0.2, 0.25) is 5.02 Å². The summed E-state index contributed by atoms with van der Waals surface area (Å²) in [5, 5.41) is 4.47. The smallest absolute Gasteiger partial charge is 0.264 e. The van der Waals surface area contributed by atoms with E-state index < -0.39 is 0 Å². The second-order valence-electron chi connectivity index (χ2n) is 4.10. The van der Waals surface area contributed by atoms with Gasteiger partial charge in [-0.15, -0.1) is 0 Å². The Kier molecular flexibility index (Phi) is 3.65. The maximum Gasteiger partial charge on any atom is 0.264 e. The van der Waals surface area contributed by atoms with Crippen molar-refractivity contribution in [3.8, 4) is 17.1 Å². The van der Waals surface area contributed by atoms with Crippen molar-refractivity contribution >= 4 is 11.6 Å². The number of hydrogen-bond donors (Lipinski definition) is 0. The third-order valence-electron chi connectivity index (χ3n) is 2.69. The predicted molar refractivity (Wildman–Crippen MR) is 75.5 cm³/mol. The number of benzene rings is 2.